The summed E-state index contributed by atoms with van der Waals surface area (Å²) < 4.78 is 4.44. The van der Waals surface area contributed by atoms with Gasteiger partial charge in [-0.2, -0.15) is 0 Å². The SMILES string of the molecule is CCCC[OH+]C1=C(C(C)CCN)N1. The summed E-state index contributed by atoms with van der Waals surface area (Å²) in [5.74, 6) is 1.68. The van der Waals surface area contributed by atoms with Crippen molar-refractivity contribution in [2.24, 2.45) is 11.7 Å². The second-order valence-corrected chi connectivity index (χ2v) is 3.60. The van der Waals surface area contributed by atoms with Crippen molar-refractivity contribution in [3.8, 4) is 0 Å². The van der Waals surface area contributed by atoms with E-state index in [1.54, 1.807) is 0 Å². The molecule has 3 nitrogen and oxygen atoms in total. The van der Waals surface area contributed by atoms with E-state index in [0.717, 1.165) is 25.5 Å². The molecule has 0 bridgehead atoms. The van der Waals surface area contributed by atoms with Gasteiger partial charge in [0.2, 0.25) is 0 Å². The number of rotatable bonds is 7. The van der Waals surface area contributed by atoms with Crippen LogP contribution in [0, 0.1) is 5.92 Å². The van der Waals surface area contributed by atoms with E-state index in [2.05, 4.69) is 23.9 Å². The number of unbranched alkanes of at least 4 members (excludes halogenated alkanes) is 1. The molecule has 0 radical (unpaired) electrons. The van der Waals surface area contributed by atoms with Gasteiger partial charge in [0.1, 0.15) is 5.70 Å². The Morgan fingerprint density at radius 1 is 1.54 bits per heavy atom. The number of allylic oxidation sites excluding steroid dienone is 1. The molecule has 0 aromatic heterocycles. The Morgan fingerprint density at radius 3 is 2.92 bits per heavy atom. The Hall–Kier alpha value is -0.700. The van der Waals surface area contributed by atoms with Crippen molar-refractivity contribution in [2.75, 3.05) is 13.2 Å². The Bertz CT molecular complexity index is 189. The normalized spacial score (nSPS) is 16.8. The summed E-state index contributed by atoms with van der Waals surface area (Å²) in [4.78, 5) is 0. The Labute approximate surface area is 80.3 Å². The van der Waals surface area contributed by atoms with Gasteiger partial charge in [-0.15, -0.1) is 0 Å². The lowest BCUT2D eigenvalue weighted by atomic mass is 10.1. The predicted molar refractivity (Wildman–Crippen MR) is 55.0 cm³/mol. The molecule has 76 valence electrons. The second-order valence-electron chi connectivity index (χ2n) is 3.60. The minimum atomic E-state index is 0.561. The van der Waals surface area contributed by atoms with Crippen LogP contribution in [0.15, 0.2) is 11.6 Å². The fourth-order valence-corrected chi connectivity index (χ4v) is 1.32. The molecule has 0 spiro atoms. The molecule has 0 amide bonds. The third kappa shape index (κ3) is 3.27. The van der Waals surface area contributed by atoms with Crippen LogP contribution < -0.4 is 11.1 Å². The number of ether oxygens (including phenoxy) is 1. The van der Waals surface area contributed by atoms with Gasteiger partial charge in [0, 0.05) is 12.3 Å². The fourth-order valence-electron chi connectivity index (χ4n) is 1.32. The van der Waals surface area contributed by atoms with Crippen LogP contribution >= 0.6 is 0 Å². The highest BCUT2D eigenvalue weighted by molar-refractivity contribution is 5.25. The molecular formula is C10H21N2O+. The summed E-state index contributed by atoms with van der Waals surface area (Å²) in [7, 11) is 0. The smallest absolute Gasteiger partial charge is 0.356 e. The van der Waals surface area contributed by atoms with E-state index in [4.69, 9.17) is 5.73 Å². The van der Waals surface area contributed by atoms with E-state index in [-0.39, 0.29) is 0 Å². The van der Waals surface area contributed by atoms with Gasteiger partial charge in [-0.05, 0) is 19.4 Å². The minimum absolute atomic E-state index is 0.561. The summed E-state index contributed by atoms with van der Waals surface area (Å²) in [6.07, 6.45) is 3.45. The van der Waals surface area contributed by atoms with Gasteiger partial charge in [0.15, 0.2) is 6.61 Å². The summed E-state index contributed by atoms with van der Waals surface area (Å²) in [5.41, 5.74) is 6.79. The maximum Gasteiger partial charge on any atom is 0.356 e. The first-order chi connectivity index (χ1) is 6.29. The summed E-state index contributed by atoms with van der Waals surface area (Å²) >= 11 is 0. The highest BCUT2D eigenvalue weighted by Crippen LogP contribution is 2.25. The van der Waals surface area contributed by atoms with Crippen LogP contribution in [0.3, 0.4) is 0 Å². The first-order valence-corrected chi connectivity index (χ1v) is 5.18. The van der Waals surface area contributed by atoms with Gasteiger partial charge in [-0.3, -0.25) is 5.32 Å². The largest absolute Gasteiger partial charge is 0.568 e. The Kier molecular flexibility index (Phi) is 4.09. The molecule has 0 aromatic rings. The molecule has 0 saturated carbocycles. The summed E-state index contributed by atoms with van der Waals surface area (Å²) in [6.45, 7) is 6.09. The lowest BCUT2D eigenvalue weighted by molar-refractivity contribution is 0.0371. The molecule has 4 N–H and O–H groups in total. The number of nitrogens with one attached hydrogen (secondary N) is 1. The van der Waals surface area contributed by atoms with Gasteiger partial charge in [-0.1, -0.05) is 13.8 Å². The maximum atomic E-state index is 5.48. The van der Waals surface area contributed by atoms with E-state index >= 15 is 0 Å². The van der Waals surface area contributed by atoms with Gasteiger partial charge >= 0.3 is 5.88 Å². The molecule has 1 atom stereocenters. The predicted octanol–water partition coefficient (Wildman–Crippen LogP) is 1.07. The van der Waals surface area contributed by atoms with Crippen LogP contribution in [0.4, 0.5) is 0 Å². The molecule has 0 aliphatic carbocycles. The van der Waals surface area contributed by atoms with Gasteiger partial charge in [0.25, 0.3) is 0 Å². The molecule has 1 heterocycles. The standard InChI is InChI=1S/C10H20N2O/c1-3-4-7-13-10-9(12-10)8(2)5-6-11/h8,12H,3-7,11H2,1-2H3/p+1. The molecule has 0 saturated heterocycles. The van der Waals surface area contributed by atoms with Crippen molar-refractivity contribution < 1.29 is 4.74 Å². The van der Waals surface area contributed by atoms with Crippen molar-refractivity contribution >= 4 is 0 Å². The van der Waals surface area contributed by atoms with Crippen molar-refractivity contribution in [3.63, 3.8) is 0 Å². The van der Waals surface area contributed by atoms with Crippen LogP contribution in [-0.2, 0) is 0 Å². The molecule has 3 heteroatoms. The lowest BCUT2D eigenvalue weighted by Gasteiger charge is -1.99. The molecule has 1 aliphatic heterocycles. The minimum Gasteiger partial charge on any atom is -0.568 e. The van der Waals surface area contributed by atoms with Crippen LogP contribution in [0.1, 0.15) is 33.1 Å². The van der Waals surface area contributed by atoms with E-state index in [9.17, 15) is 0 Å². The zero-order valence-corrected chi connectivity index (χ0v) is 8.64. The highest BCUT2D eigenvalue weighted by Gasteiger charge is 2.32. The van der Waals surface area contributed by atoms with E-state index in [1.165, 1.54) is 18.5 Å². The van der Waals surface area contributed by atoms with Crippen molar-refractivity contribution in [1.29, 1.82) is 0 Å². The van der Waals surface area contributed by atoms with Crippen LogP contribution in [0.25, 0.3) is 0 Å². The van der Waals surface area contributed by atoms with E-state index < -0.39 is 0 Å². The van der Waals surface area contributed by atoms with Crippen molar-refractivity contribution in [2.45, 2.75) is 33.1 Å². The highest BCUT2D eigenvalue weighted by atomic mass is 16.5. The quantitative estimate of drug-likeness (QED) is 0.460. The van der Waals surface area contributed by atoms with Gasteiger partial charge in [0.05, 0.1) is 0 Å². The average Bonchev–Trinajstić information content (AvgIpc) is 2.85. The number of aliphatic hydroxyl groups is 2. The molecule has 1 aliphatic rings. The van der Waals surface area contributed by atoms with Crippen LogP contribution in [-0.4, -0.2) is 17.9 Å². The Morgan fingerprint density at radius 2 is 2.31 bits per heavy atom. The summed E-state index contributed by atoms with van der Waals surface area (Å²) in [5, 5.41) is 3.22. The molecule has 0 fully saturated rings. The summed E-state index contributed by atoms with van der Waals surface area (Å²) in [6, 6.07) is 0. The zero-order chi connectivity index (χ0) is 9.68. The number of hydrogen-bond acceptors (Lipinski definition) is 2. The number of nitrogens with two attached hydrogens (primary N) is 1. The first-order valence-electron chi connectivity index (χ1n) is 5.18. The molecule has 1 rings (SSSR count). The van der Waals surface area contributed by atoms with E-state index in [1.807, 2.05) is 0 Å². The Balaban J connectivity index is 2.15. The van der Waals surface area contributed by atoms with E-state index in [0.29, 0.717) is 5.92 Å². The molecule has 1 unspecified atom stereocenters. The van der Waals surface area contributed by atoms with Crippen LogP contribution in [0.5, 0.6) is 0 Å². The van der Waals surface area contributed by atoms with Crippen molar-refractivity contribution in [1.82, 2.24) is 5.32 Å². The molecule has 0 aromatic carbocycles. The third-order valence-electron chi connectivity index (χ3n) is 2.32. The topological polar surface area (TPSA) is 60.8 Å². The third-order valence-corrected chi connectivity index (χ3v) is 2.32. The maximum absolute atomic E-state index is 5.48. The monoisotopic (exact) mass is 185 g/mol. The second kappa shape index (κ2) is 5.12. The number of hydrogen-bond donors (Lipinski definition) is 2. The molecule has 13 heavy (non-hydrogen) atoms. The lowest BCUT2D eigenvalue weighted by Crippen LogP contribution is -2.06. The molecular weight excluding hydrogens is 164 g/mol. The fraction of sp³-hybridized carbons (Fsp3) is 0.800. The van der Waals surface area contributed by atoms with Gasteiger partial charge in [-0.25, -0.2) is 0 Å². The average molecular weight is 185 g/mol. The van der Waals surface area contributed by atoms with Gasteiger partial charge < -0.3 is 10.5 Å². The zero-order valence-electron chi connectivity index (χ0n) is 8.64. The first kappa shape index (κ1) is 10.4. The van der Waals surface area contributed by atoms with Crippen molar-refractivity contribution in [3.05, 3.63) is 11.6 Å². The van der Waals surface area contributed by atoms with Crippen LogP contribution in [0.2, 0.25) is 0 Å².